The molecule has 0 heterocycles. The fraction of sp³-hybridized carbons (Fsp3) is 0. The number of nitrogens with zero attached hydrogens (tertiary/aromatic N) is 1. The maximum atomic E-state index is 9.00. The molecule has 0 spiro atoms. The van der Waals surface area contributed by atoms with Crippen LogP contribution in [0.5, 0.6) is 11.5 Å². The van der Waals surface area contributed by atoms with Gasteiger partial charge in [-0.1, -0.05) is 33.6 Å². The summed E-state index contributed by atoms with van der Waals surface area (Å²) in [5.74, 6) is 1.12. The van der Waals surface area contributed by atoms with Gasteiger partial charge in [0.2, 0.25) is 0 Å². The first-order chi connectivity index (χ1) is 8.20. The molecule has 0 aliphatic carbocycles. The average Bonchev–Trinajstić information content (AvgIpc) is 2.32. The Balaban J connectivity index is 2.34. The summed E-state index contributed by atoms with van der Waals surface area (Å²) in [6, 6.07) is 14.5. The van der Waals surface area contributed by atoms with Gasteiger partial charge in [0, 0.05) is 4.47 Å². The molecule has 2 aromatic carbocycles. The second kappa shape index (κ2) is 5.22. The third-order valence-corrected chi connectivity index (χ3v) is 2.97. The lowest BCUT2D eigenvalue weighted by atomic mass is 10.2. The minimum atomic E-state index is 0.345. The zero-order valence-electron chi connectivity index (χ0n) is 8.65. The van der Waals surface area contributed by atoms with Crippen molar-refractivity contribution >= 4 is 27.5 Å². The molecule has 0 atom stereocenters. The standard InChI is InChI=1S/C13H7BrClNO/c14-9-4-6-10(7-5-9)17-13-3-1-2-12(15)11(13)8-16/h1-7H. The van der Waals surface area contributed by atoms with Gasteiger partial charge in [-0.2, -0.15) is 5.26 Å². The van der Waals surface area contributed by atoms with Crippen LogP contribution < -0.4 is 4.74 Å². The van der Waals surface area contributed by atoms with Gasteiger partial charge in [-0.05, 0) is 36.4 Å². The van der Waals surface area contributed by atoms with Crippen molar-refractivity contribution in [1.82, 2.24) is 0 Å². The first-order valence-electron chi connectivity index (χ1n) is 4.83. The van der Waals surface area contributed by atoms with Gasteiger partial charge in [0.15, 0.2) is 0 Å². The molecule has 0 saturated carbocycles. The molecule has 0 N–H and O–H groups in total. The summed E-state index contributed by atoms with van der Waals surface area (Å²) in [5, 5.41) is 9.39. The van der Waals surface area contributed by atoms with E-state index in [9.17, 15) is 0 Å². The van der Waals surface area contributed by atoms with Gasteiger partial charge >= 0.3 is 0 Å². The van der Waals surface area contributed by atoms with Crippen molar-refractivity contribution in [1.29, 1.82) is 5.26 Å². The third-order valence-electron chi connectivity index (χ3n) is 2.13. The minimum absolute atomic E-state index is 0.345. The normalized spacial score (nSPS) is 9.71. The van der Waals surface area contributed by atoms with Crippen molar-refractivity contribution in [2.45, 2.75) is 0 Å². The largest absolute Gasteiger partial charge is 0.456 e. The first kappa shape index (κ1) is 12.0. The molecular weight excluding hydrogens is 302 g/mol. The van der Waals surface area contributed by atoms with Gasteiger partial charge in [-0.3, -0.25) is 0 Å². The van der Waals surface area contributed by atoms with Crippen molar-refractivity contribution in [3.8, 4) is 17.6 Å². The Labute approximate surface area is 113 Å². The molecule has 0 unspecified atom stereocenters. The molecule has 0 aromatic heterocycles. The first-order valence-corrected chi connectivity index (χ1v) is 6.00. The highest BCUT2D eigenvalue weighted by Gasteiger charge is 2.08. The number of nitriles is 1. The van der Waals surface area contributed by atoms with E-state index in [0.717, 1.165) is 4.47 Å². The van der Waals surface area contributed by atoms with E-state index in [1.54, 1.807) is 18.2 Å². The SMILES string of the molecule is N#Cc1c(Cl)cccc1Oc1ccc(Br)cc1. The van der Waals surface area contributed by atoms with E-state index in [4.69, 9.17) is 21.6 Å². The number of hydrogen-bond donors (Lipinski definition) is 0. The second-order valence-electron chi connectivity index (χ2n) is 3.28. The predicted octanol–water partition coefficient (Wildman–Crippen LogP) is 4.77. The highest BCUT2D eigenvalue weighted by Crippen LogP contribution is 2.30. The molecule has 0 amide bonds. The van der Waals surface area contributed by atoms with Crippen LogP contribution in [0.1, 0.15) is 5.56 Å². The van der Waals surface area contributed by atoms with E-state index in [1.807, 2.05) is 30.3 Å². The monoisotopic (exact) mass is 307 g/mol. The highest BCUT2D eigenvalue weighted by molar-refractivity contribution is 9.10. The van der Waals surface area contributed by atoms with E-state index >= 15 is 0 Å². The van der Waals surface area contributed by atoms with Gasteiger partial charge in [0.1, 0.15) is 23.1 Å². The van der Waals surface area contributed by atoms with Crippen LogP contribution in [0.2, 0.25) is 5.02 Å². The smallest absolute Gasteiger partial charge is 0.146 e. The number of benzene rings is 2. The minimum Gasteiger partial charge on any atom is -0.456 e. The predicted molar refractivity (Wildman–Crippen MR) is 70.4 cm³/mol. The molecule has 2 rings (SSSR count). The summed E-state index contributed by atoms with van der Waals surface area (Å²) in [6.07, 6.45) is 0. The van der Waals surface area contributed by atoms with Crippen molar-refractivity contribution in [3.63, 3.8) is 0 Å². The van der Waals surface area contributed by atoms with Crippen LogP contribution >= 0.6 is 27.5 Å². The van der Waals surface area contributed by atoms with Crippen LogP contribution in [-0.2, 0) is 0 Å². The summed E-state index contributed by atoms with van der Waals surface area (Å²) < 4.78 is 6.58. The van der Waals surface area contributed by atoms with Gasteiger partial charge in [-0.25, -0.2) is 0 Å². The van der Waals surface area contributed by atoms with Crippen LogP contribution in [0.25, 0.3) is 0 Å². The number of ether oxygens (including phenoxy) is 1. The molecule has 0 bridgehead atoms. The maximum Gasteiger partial charge on any atom is 0.146 e. The summed E-state index contributed by atoms with van der Waals surface area (Å²) >= 11 is 9.25. The van der Waals surface area contributed by atoms with E-state index in [1.165, 1.54) is 0 Å². The van der Waals surface area contributed by atoms with Crippen molar-refractivity contribution in [2.24, 2.45) is 0 Å². The second-order valence-corrected chi connectivity index (χ2v) is 4.60. The third kappa shape index (κ3) is 2.79. The molecule has 2 aromatic rings. The van der Waals surface area contributed by atoms with E-state index in [-0.39, 0.29) is 0 Å². The molecule has 17 heavy (non-hydrogen) atoms. The average molecular weight is 309 g/mol. The van der Waals surface area contributed by atoms with Crippen molar-refractivity contribution in [3.05, 3.63) is 57.5 Å². The molecule has 0 saturated heterocycles. The topological polar surface area (TPSA) is 33.0 Å². The van der Waals surface area contributed by atoms with Crippen molar-refractivity contribution in [2.75, 3.05) is 0 Å². The Kier molecular flexibility index (Phi) is 3.68. The lowest BCUT2D eigenvalue weighted by molar-refractivity contribution is 0.481. The highest BCUT2D eigenvalue weighted by atomic mass is 79.9. The van der Waals surface area contributed by atoms with Gasteiger partial charge < -0.3 is 4.74 Å². The van der Waals surface area contributed by atoms with Crippen molar-refractivity contribution < 1.29 is 4.74 Å². The van der Waals surface area contributed by atoms with Gasteiger partial charge in [-0.15, -0.1) is 0 Å². The van der Waals surface area contributed by atoms with Crippen LogP contribution in [0.15, 0.2) is 46.9 Å². The molecule has 0 fully saturated rings. The number of rotatable bonds is 2. The summed E-state index contributed by atoms with van der Waals surface area (Å²) in [4.78, 5) is 0. The van der Waals surface area contributed by atoms with E-state index in [0.29, 0.717) is 22.1 Å². The lowest BCUT2D eigenvalue weighted by Gasteiger charge is -2.08. The number of hydrogen-bond acceptors (Lipinski definition) is 2. The van der Waals surface area contributed by atoms with Gasteiger partial charge in [0.25, 0.3) is 0 Å². The molecule has 0 aliphatic heterocycles. The van der Waals surface area contributed by atoms with Crippen LogP contribution in [0, 0.1) is 11.3 Å². The lowest BCUT2D eigenvalue weighted by Crippen LogP contribution is -1.88. The Bertz CT molecular complexity index is 575. The zero-order chi connectivity index (χ0) is 12.3. The number of halogens is 2. The molecule has 0 radical (unpaired) electrons. The van der Waals surface area contributed by atoms with Crippen LogP contribution in [-0.4, -0.2) is 0 Å². The summed E-state index contributed by atoms with van der Waals surface area (Å²) in [6.45, 7) is 0. The summed E-state index contributed by atoms with van der Waals surface area (Å²) in [7, 11) is 0. The fourth-order valence-electron chi connectivity index (χ4n) is 1.33. The zero-order valence-corrected chi connectivity index (χ0v) is 11.0. The van der Waals surface area contributed by atoms with Crippen LogP contribution in [0.4, 0.5) is 0 Å². The van der Waals surface area contributed by atoms with Gasteiger partial charge in [0.05, 0.1) is 5.02 Å². The molecule has 0 aliphatic rings. The van der Waals surface area contributed by atoms with Crippen LogP contribution in [0.3, 0.4) is 0 Å². The van der Waals surface area contributed by atoms with E-state index in [2.05, 4.69) is 15.9 Å². The fourth-order valence-corrected chi connectivity index (χ4v) is 1.80. The maximum absolute atomic E-state index is 9.00. The molecular formula is C13H7BrClNO. The summed E-state index contributed by atoms with van der Waals surface area (Å²) in [5.41, 5.74) is 0.345. The Morgan fingerprint density at radius 2 is 1.82 bits per heavy atom. The van der Waals surface area contributed by atoms with E-state index < -0.39 is 0 Å². The Morgan fingerprint density at radius 1 is 1.12 bits per heavy atom. The quantitative estimate of drug-likeness (QED) is 0.801. The Hall–Kier alpha value is -1.50. The molecule has 4 heteroatoms. The molecule has 2 nitrogen and oxygen atoms in total. The Morgan fingerprint density at radius 3 is 2.47 bits per heavy atom. The molecule has 84 valence electrons.